The molecule has 6 nitrogen and oxygen atoms in total. The van der Waals surface area contributed by atoms with Gasteiger partial charge in [0.1, 0.15) is 0 Å². The normalized spacial score (nSPS) is 101. The van der Waals surface area contributed by atoms with Crippen molar-refractivity contribution in [3.8, 4) is 0 Å². The molecule has 0 aromatic carbocycles. The van der Waals surface area contributed by atoms with E-state index >= 15 is 0 Å². The molecule has 0 saturated carbocycles. The molecule has 2 N–H and O–H groups in total. The summed E-state index contributed by atoms with van der Waals surface area (Å²) in [5, 5.41) is 0. The summed E-state index contributed by atoms with van der Waals surface area (Å²) >= 11 is 0. The summed E-state index contributed by atoms with van der Waals surface area (Å²) in [5.74, 6) is 0. The fraction of sp³-hybridized carbons (Fsp3) is 0. The third-order valence-corrected chi connectivity index (χ3v) is 32.4. The second-order valence-electron chi connectivity index (χ2n) is 3.14. The quantitative estimate of drug-likeness (QED) is 0.397. The number of rotatable bonds is 0. The van der Waals surface area contributed by atoms with Crippen LogP contribution >= 0.6 is 0 Å². The molecule has 13 saturated heterocycles. The van der Waals surface area contributed by atoms with Crippen LogP contribution in [0.2, 0.25) is 0 Å². The van der Waals surface area contributed by atoms with E-state index in [1.54, 1.807) is 0 Å². The van der Waals surface area contributed by atoms with Crippen molar-refractivity contribution >= 4 is 63.9 Å². The van der Waals surface area contributed by atoms with Gasteiger partial charge < -0.3 is 11.0 Å². The zero-order valence-corrected chi connectivity index (χ0v) is 10.1. The summed E-state index contributed by atoms with van der Waals surface area (Å²) in [4.78, 5) is 0. The third-order valence-electron chi connectivity index (χ3n) is 3.60. The summed E-state index contributed by atoms with van der Waals surface area (Å²) in [5.41, 5.74) is 0. The molecule has 13 fully saturated rings. The molecule has 10 heavy (non-hydrogen) atoms. The molecule has 0 atom stereocenters. The van der Waals surface area contributed by atoms with Crippen LogP contribution in [-0.2, 0) is 0 Å². The summed E-state index contributed by atoms with van der Waals surface area (Å²) in [6.45, 7) is 0. The fourth-order valence-electron chi connectivity index (χ4n) is 3.41. The molecule has 13 aliphatic rings. The van der Waals surface area contributed by atoms with E-state index in [4.69, 9.17) is 0 Å². The van der Waals surface area contributed by atoms with E-state index < -0.39 is 26.2 Å². The van der Waals surface area contributed by atoms with Gasteiger partial charge in [0.05, 0.1) is 0 Å². The van der Waals surface area contributed by atoms with Crippen molar-refractivity contribution in [2.75, 3.05) is 0 Å². The molecule has 13 rings (SSSR count). The molecule has 13 aliphatic heterocycles. The molecule has 0 aliphatic carbocycles. The molecule has 0 unspecified atom stereocenters. The molecule has 48 valence electrons. The van der Waals surface area contributed by atoms with Crippen LogP contribution in [0.25, 0.3) is 0 Å². The Kier molecular flexibility index (Phi) is 0.707. The van der Waals surface area contributed by atoms with Gasteiger partial charge in [-0.1, -0.05) is 0 Å². The monoisotopic (exact) mass is 214 g/mol. The molecule has 3 spiro atoms. The molecule has 7 bridgehead atoms. The van der Waals surface area contributed by atoms with Gasteiger partial charge in [-0.2, -0.15) is 0 Å². The molecule has 0 aromatic rings. The standard InChI is InChI=1S/Ca.N4Si3.2H2O/c;1-5-2-6(1)3(5)7(1,2)4(5)6;;/h;;2*1H2/q+2;;;/p-2. The molecular weight excluding hydrogens is 212 g/mol. The van der Waals surface area contributed by atoms with E-state index in [0.29, 0.717) is 0 Å². The molecular formula is H2CaN4O2Si3. The van der Waals surface area contributed by atoms with Crippen molar-refractivity contribution in [2.24, 2.45) is 0 Å². The second kappa shape index (κ2) is 0.995. The Morgan fingerprint density at radius 3 is 0.700 bits per heavy atom. The summed E-state index contributed by atoms with van der Waals surface area (Å²) in [7, 11) is -1.83. The van der Waals surface area contributed by atoms with Crippen LogP contribution in [0.4, 0.5) is 0 Å². The van der Waals surface area contributed by atoms with E-state index in [9.17, 15) is 0 Å². The first-order valence-electron chi connectivity index (χ1n) is 2.68. The van der Waals surface area contributed by atoms with Crippen molar-refractivity contribution in [2.45, 2.75) is 0 Å². The van der Waals surface area contributed by atoms with Gasteiger partial charge in [-0.15, -0.1) is 0 Å². The summed E-state index contributed by atoms with van der Waals surface area (Å²) < 4.78 is 11.9. The van der Waals surface area contributed by atoms with Gasteiger partial charge in [-0.05, 0) is 0 Å². The minimum absolute atomic E-state index is 0. The summed E-state index contributed by atoms with van der Waals surface area (Å²) in [6.07, 6.45) is 0. The van der Waals surface area contributed by atoms with Gasteiger partial charge in [0.15, 0.2) is 0 Å². The Labute approximate surface area is 89.6 Å². The van der Waals surface area contributed by atoms with Crippen LogP contribution in [0.15, 0.2) is 0 Å². The summed E-state index contributed by atoms with van der Waals surface area (Å²) in [6, 6.07) is 0. The average Bonchev–Trinajstić information content (AvgIpc) is 0.391. The predicted molar refractivity (Wildman–Crippen MR) is 34.2 cm³/mol. The Morgan fingerprint density at radius 1 is 0.600 bits per heavy atom. The van der Waals surface area contributed by atoms with Crippen LogP contribution in [0.3, 0.4) is 0 Å². The third kappa shape index (κ3) is 0.134. The number of nitrogens with zero attached hydrogens (tertiary/aromatic N) is 4. The van der Waals surface area contributed by atoms with Crippen LogP contribution in [0.1, 0.15) is 0 Å². The van der Waals surface area contributed by atoms with Gasteiger partial charge in [-0.3, -0.25) is 15.6 Å². The Bertz CT molecular complexity index is 195. The predicted octanol–water partition coefficient (Wildman–Crippen LogP) is -3.15. The van der Waals surface area contributed by atoms with Crippen LogP contribution in [-0.4, -0.2) is 90.4 Å². The minimum Gasteiger partial charge on any atom is -0.870 e. The zero-order chi connectivity index (χ0) is 3.81. The largest absolute Gasteiger partial charge is 2.00 e. The first-order chi connectivity index (χ1) is 3.46. The van der Waals surface area contributed by atoms with Gasteiger partial charge in [0, 0.05) is 0 Å². The van der Waals surface area contributed by atoms with Crippen molar-refractivity contribution < 1.29 is 11.0 Å². The van der Waals surface area contributed by atoms with Crippen LogP contribution in [0.5, 0.6) is 0 Å². The van der Waals surface area contributed by atoms with Gasteiger partial charge in [-0.25, -0.2) is 0 Å². The van der Waals surface area contributed by atoms with E-state index in [0.717, 1.165) is 0 Å². The minimum atomic E-state index is -0.611. The maximum atomic E-state index is 2.98. The SMILES string of the molecule is N12[Si]34N5[Si]16N3[Si]25N46.[Ca+2].[OH-].[OH-]. The Hall–Kier alpha value is 1.67. The second-order valence-corrected chi connectivity index (χ2v) is 17.5. The first kappa shape index (κ1) is 7.11. The maximum absolute atomic E-state index is 2.98. The van der Waals surface area contributed by atoms with Gasteiger partial charge in [0.25, 0.3) is 0 Å². The zero-order valence-electron chi connectivity index (χ0n) is 4.89. The molecule has 0 amide bonds. The molecule has 0 radical (unpaired) electrons. The number of hydrogen-bond donors (Lipinski definition) is 0. The Morgan fingerprint density at radius 2 is 0.700 bits per heavy atom. The molecule has 13 heterocycles. The van der Waals surface area contributed by atoms with E-state index in [-0.39, 0.29) is 48.7 Å². The van der Waals surface area contributed by atoms with Crippen molar-refractivity contribution in [1.82, 2.24) is 15.6 Å². The van der Waals surface area contributed by atoms with Crippen molar-refractivity contribution in [1.29, 1.82) is 0 Å². The van der Waals surface area contributed by atoms with Crippen LogP contribution in [0, 0.1) is 0 Å². The maximum Gasteiger partial charge on any atom is 2.00 e. The van der Waals surface area contributed by atoms with Crippen molar-refractivity contribution in [3.05, 3.63) is 0 Å². The smallest absolute Gasteiger partial charge is 0.870 e. The van der Waals surface area contributed by atoms with Crippen LogP contribution < -0.4 is 0 Å². The molecule has 10 heteroatoms. The topological polar surface area (TPSA) is 73.0 Å². The average molecular weight is 214 g/mol. The van der Waals surface area contributed by atoms with E-state index in [1.807, 2.05) is 0 Å². The van der Waals surface area contributed by atoms with Gasteiger partial charge >= 0.3 is 63.9 Å². The van der Waals surface area contributed by atoms with Crippen molar-refractivity contribution in [3.63, 3.8) is 0 Å². The molecule has 0 aromatic heterocycles. The Balaban J connectivity index is 0.000000120. The van der Waals surface area contributed by atoms with E-state index in [1.165, 1.54) is 0 Å². The van der Waals surface area contributed by atoms with Gasteiger partial charge in [0.2, 0.25) is 0 Å². The first-order valence-corrected chi connectivity index (χ1v) is 8.05. The fourth-order valence-corrected chi connectivity index (χ4v) is 46.9. The van der Waals surface area contributed by atoms with E-state index in [2.05, 4.69) is 15.6 Å². The number of hydrogen-bond acceptors (Lipinski definition) is 6.